The first-order valence-corrected chi connectivity index (χ1v) is 13.9. The van der Waals surface area contributed by atoms with Gasteiger partial charge in [0.25, 0.3) is 0 Å². The Morgan fingerprint density at radius 2 is 1.78 bits per heavy atom. The molecule has 0 aromatic heterocycles. The molecule has 0 spiro atoms. The Hall–Kier alpha value is -2.48. The number of nitrogens with zero attached hydrogens (tertiary/aromatic N) is 3. The van der Waals surface area contributed by atoms with Crippen molar-refractivity contribution in [2.24, 2.45) is 23.2 Å². The van der Waals surface area contributed by atoms with E-state index in [9.17, 15) is 14.7 Å². The Morgan fingerprint density at radius 1 is 1.03 bits per heavy atom. The number of rotatable bonds is 4. The van der Waals surface area contributed by atoms with Gasteiger partial charge in [0.2, 0.25) is 5.91 Å². The second kappa shape index (κ2) is 9.43. The molecule has 36 heavy (non-hydrogen) atoms. The minimum absolute atomic E-state index is 0.0196. The topological polar surface area (TPSA) is 85.4 Å². The zero-order chi connectivity index (χ0) is 24.9. The monoisotopic (exact) mass is 496 g/mol. The number of hydrogen-bond donors (Lipinski definition) is 2. The van der Waals surface area contributed by atoms with Gasteiger partial charge in [0, 0.05) is 57.1 Å². The third kappa shape index (κ3) is 4.31. The maximum Gasteiger partial charge on any atom is 0.320 e. The quantitative estimate of drug-likeness (QED) is 0.670. The van der Waals surface area contributed by atoms with Crippen LogP contribution in [0.5, 0.6) is 5.75 Å². The van der Waals surface area contributed by atoms with Crippen LogP contribution in [-0.4, -0.2) is 85.4 Å². The van der Waals surface area contributed by atoms with Crippen molar-refractivity contribution in [3.63, 3.8) is 0 Å². The normalized spacial score (nSPS) is 35.6. The minimum atomic E-state index is -0.293. The number of aliphatic hydroxyl groups excluding tert-OH is 1. The van der Waals surface area contributed by atoms with Crippen molar-refractivity contribution >= 4 is 17.6 Å². The van der Waals surface area contributed by atoms with Gasteiger partial charge in [-0.1, -0.05) is 6.07 Å². The summed E-state index contributed by atoms with van der Waals surface area (Å²) >= 11 is 0. The van der Waals surface area contributed by atoms with Crippen LogP contribution in [0.3, 0.4) is 0 Å². The molecule has 8 heteroatoms. The standard InChI is InChI=1S/C28H40N4O4/c1-36-24-6-2-5-23(14-24)30-8-10-31(11-9-30)27(35)32-7-3-4-22(18-32)29-26(34)28-15-19-12-20(16-28)25(33)21(13-19)17-28/h2,5-6,14,19-22,25,33H,3-4,7-13,15-18H2,1H3,(H,29,34)/t19?,20-,21?,22+,25?,28?/m1/s1. The summed E-state index contributed by atoms with van der Waals surface area (Å²) < 4.78 is 5.36. The lowest BCUT2D eigenvalue weighted by molar-refractivity contribution is -0.163. The van der Waals surface area contributed by atoms with E-state index >= 15 is 0 Å². The Bertz CT molecular complexity index is 978. The maximum atomic E-state index is 13.5. The molecule has 3 amide bonds. The van der Waals surface area contributed by atoms with Crippen LogP contribution in [0, 0.1) is 23.2 Å². The van der Waals surface area contributed by atoms with Gasteiger partial charge in [0.15, 0.2) is 0 Å². The maximum absolute atomic E-state index is 13.5. The fraction of sp³-hybridized carbons (Fsp3) is 0.714. The van der Waals surface area contributed by atoms with Crippen molar-refractivity contribution in [1.29, 1.82) is 0 Å². The number of ether oxygens (including phenoxy) is 1. The minimum Gasteiger partial charge on any atom is -0.497 e. The van der Waals surface area contributed by atoms with Gasteiger partial charge >= 0.3 is 6.03 Å². The van der Waals surface area contributed by atoms with E-state index in [1.165, 1.54) is 0 Å². The predicted octanol–water partition coefficient (Wildman–Crippen LogP) is 2.71. The van der Waals surface area contributed by atoms with Gasteiger partial charge in [-0.25, -0.2) is 4.79 Å². The SMILES string of the molecule is COc1cccc(N2CCN(C(=O)N3CCC[C@H](NC(=O)C45CC6CC(C4)C(O)[C@H](C6)C5)C3)CC2)c1. The Kier molecular flexibility index (Phi) is 6.26. The van der Waals surface area contributed by atoms with Crippen molar-refractivity contribution in [2.75, 3.05) is 51.3 Å². The Morgan fingerprint density at radius 3 is 2.50 bits per heavy atom. The van der Waals surface area contributed by atoms with Gasteiger partial charge in [-0.05, 0) is 74.8 Å². The molecule has 0 radical (unpaired) electrons. The number of amides is 3. The highest BCUT2D eigenvalue weighted by atomic mass is 16.5. The van der Waals surface area contributed by atoms with E-state index in [-0.39, 0.29) is 29.5 Å². The smallest absolute Gasteiger partial charge is 0.320 e. The summed E-state index contributed by atoms with van der Waals surface area (Å²) in [5, 5.41) is 13.9. The number of benzene rings is 1. The molecular formula is C28H40N4O4. The van der Waals surface area contributed by atoms with Crippen LogP contribution in [0.4, 0.5) is 10.5 Å². The molecule has 6 atom stereocenters. The number of methoxy groups -OCH3 is 1. The molecule has 2 saturated heterocycles. The summed E-state index contributed by atoms with van der Waals surface area (Å²) in [4.78, 5) is 33.1. The number of aliphatic hydroxyl groups is 1. The number of piperidine rings is 1. The number of nitrogens with one attached hydrogen (secondary N) is 1. The third-order valence-corrected chi connectivity index (χ3v) is 9.70. The van der Waals surface area contributed by atoms with Crippen molar-refractivity contribution in [3.8, 4) is 5.75 Å². The highest BCUT2D eigenvalue weighted by Gasteiger charge is 2.58. The number of carbonyl (C=O) groups is 2. The largest absolute Gasteiger partial charge is 0.497 e. The zero-order valence-electron chi connectivity index (χ0n) is 21.4. The summed E-state index contributed by atoms with van der Waals surface area (Å²) in [5.41, 5.74) is 0.831. The average molecular weight is 497 g/mol. The van der Waals surface area contributed by atoms with E-state index < -0.39 is 0 Å². The molecule has 7 rings (SSSR count). The molecular weight excluding hydrogens is 456 g/mol. The van der Waals surface area contributed by atoms with Crippen LogP contribution >= 0.6 is 0 Å². The number of urea groups is 1. The lowest BCUT2D eigenvalue weighted by Gasteiger charge is -2.58. The van der Waals surface area contributed by atoms with E-state index in [0.29, 0.717) is 37.4 Å². The molecule has 4 bridgehead atoms. The van der Waals surface area contributed by atoms with E-state index in [4.69, 9.17) is 4.74 Å². The summed E-state index contributed by atoms with van der Waals surface area (Å²) in [6.07, 6.45) is 6.45. The second-order valence-electron chi connectivity index (χ2n) is 12.0. The van der Waals surface area contributed by atoms with Crippen LogP contribution in [0.1, 0.15) is 44.9 Å². The molecule has 2 N–H and O–H groups in total. The average Bonchev–Trinajstić information content (AvgIpc) is 2.91. The molecule has 2 heterocycles. The van der Waals surface area contributed by atoms with E-state index in [0.717, 1.165) is 76.0 Å². The van der Waals surface area contributed by atoms with Crippen LogP contribution in [0.2, 0.25) is 0 Å². The zero-order valence-corrected chi connectivity index (χ0v) is 21.4. The Balaban J connectivity index is 1.03. The molecule has 1 aromatic rings. The van der Waals surface area contributed by atoms with Crippen molar-refractivity contribution in [2.45, 2.75) is 57.1 Å². The van der Waals surface area contributed by atoms with Gasteiger partial charge in [0.1, 0.15) is 5.75 Å². The number of hydrogen-bond acceptors (Lipinski definition) is 5. The molecule has 1 aromatic carbocycles. The van der Waals surface area contributed by atoms with Crippen LogP contribution in [0.25, 0.3) is 0 Å². The first-order valence-electron chi connectivity index (χ1n) is 13.9. The summed E-state index contributed by atoms with van der Waals surface area (Å²) in [7, 11) is 1.68. The fourth-order valence-electron chi connectivity index (χ4n) is 8.05. The molecule has 4 aliphatic carbocycles. The highest BCUT2D eigenvalue weighted by molar-refractivity contribution is 5.83. The van der Waals surface area contributed by atoms with Crippen molar-refractivity contribution in [3.05, 3.63) is 24.3 Å². The third-order valence-electron chi connectivity index (χ3n) is 9.70. The lowest BCUT2D eigenvalue weighted by atomic mass is 9.48. The molecule has 4 saturated carbocycles. The van der Waals surface area contributed by atoms with E-state index in [2.05, 4.69) is 16.3 Å². The summed E-state index contributed by atoms with van der Waals surface area (Å²) in [6.45, 7) is 4.33. The molecule has 8 nitrogen and oxygen atoms in total. The number of piperazine rings is 1. The van der Waals surface area contributed by atoms with Gasteiger partial charge in [-0.3, -0.25) is 4.79 Å². The van der Waals surface area contributed by atoms with Crippen LogP contribution in [0.15, 0.2) is 24.3 Å². The first-order chi connectivity index (χ1) is 17.4. The van der Waals surface area contributed by atoms with E-state index in [1.54, 1.807) is 7.11 Å². The van der Waals surface area contributed by atoms with Gasteiger partial charge in [-0.2, -0.15) is 0 Å². The molecule has 4 unspecified atom stereocenters. The van der Waals surface area contributed by atoms with Gasteiger partial charge in [-0.15, -0.1) is 0 Å². The number of carbonyl (C=O) groups excluding carboxylic acids is 2. The number of anilines is 1. The van der Waals surface area contributed by atoms with Crippen molar-refractivity contribution in [1.82, 2.24) is 15.1 Å². The van der Waals surface area contributed by atoms with Crippen LogP contribution < -0.4 is 15.0 Å². The lowest BCUT2D eigenvalue weighted by Crippen LogP contribution is -2.61. The second-order valence-corrected chi connectivity index (χ2v) is 12.0. The summed E-state index contributed by atoms with van der Waals surface area (Å²) in [6, 6.07) is 8.19. The molecule has 6 aliphatic rings. The van der Waals surface area contributed by atoms with E-state index in [1.807, 2.05) is 28.0 Å². The predicted molar refractivity (Wildman–Crippen MR) is 137 cm³/mol. The Labute approximate surface area is 213 Å². The van der Waals surface area contributed by atoms with Crippen molar-refractivity contribution < 1.29 is 19.4 Å². The summed E-state index contributed by atoms with van der Waals surface area (Å²) in [5.74, 6) is 2.21. The molecule has 196 valence electrons. The molecule has 6 fully saturated rings. The van der Waals surface area contributed by atoms with Gasteiger partial charge in [0.05, 0.1) is 18.6 Å². The number of likely N-dealkylation sites (tertiary alicyclic amines) is 1. The van der Waals surface area contributed by atoms with Crippen LogP contribution in [-0.2, 0) is 4.79 Å². The van der Waals surface area contributed by atoms with Gasteiger partial charge < -0.3 is 29.9 Å². The fourth-order valence-corrected chi connectivity index (χ4v) is 8.05. The first kappa shape index (κ1) is 23.9. The molecule has 2 aliphatic heterocycles. The highest BCUT2D eigenvalue weighted by Crippen LogP contribution is 2.60.